The first-order chi connectivity index (χ1) is 47.4. The van der Waals surface area contributed by atoms with Gasteiger partial charge in [-0.15, -0.1) is 0 Å². The van der Waals surface area contributed by atoms with Crippen molar-refractivity contribution >= 4 is 90.3 Å². The maximum atomic E-state index is 16.2. The predicted octanol–water partition coefficient (Wildman–Crippen LogP) is 21.1. The molecule has 0 saturated carbocycles. The van der Waals surface area contributed by atoms with Crippen LogP contribution in [0, 0.1) is 55.4 Å². The van der Waals surface area contributed by atoms with Crippen LogP contribution in [0.25, 0.3) is 43.1 Å². The first-order valence-corrected chi connectivity index (χ1v) is 34.4. The van der Waals surface area contributed by atoms with Crippen LogP contribution < -0.4 is 34.9 Å². The summed E-state index contributed by atoms with van der Waals surface area (Å²) in [5, 5.41) is 11.2. The number of rotatable bonds is 20. The fraction of sp³-hybridized carbons (Fsp3) is 0.279. The van der Waals surface area contributed by atoms with Gasteiger partial charge in [-0.1, -0.05) is 91.8 Å². The van der Waals surface area contributed by atoms with Crippen molar-refractivity contribution in [2.75, 3.05) is 10.6 Å². The molecule has 5 amide bonds. The molecule has 3 N–H and O–H groups in total. The van der Waals surface area contributed by atoms with Crippen LogP contribution in [-0.4, -0.2) is 52.8 Å². The second-order valence-corrected chi connectivity index (χ2v) is 28.8. The Bertz CT molecular complexity index is 4900. The maximum Gasteiger partial charge on any atom is 0.262 e. The Balaban J connectivity index is 1.27. The molecule has 1 aliphatic heterocycles. The van der Waals surface area contributed by atoms with Gasteiger partial charge in [-0.05, 0) is 257 Å². The highest BCUT2D eigenvalue weighted by atomic mass is 16.5. The maximum absolute atomic E-state index is 16.2. The first-order valence-electron chi connectivity index (χ1n) is 34.4. The van der Waals surface area contributed by atoms with Gasteiger partial charge in [0.05, 0.1) is 16.7 Å². The summed E-state index contributed by atoms with van der Waals surface area (Å²) in [6.45, 7) is 35.5. The fourth-order valence-electron chi connectivity index (χ4n) is 14.1. The molecule has 0 spiro atoms. The van der Waals surface area contributed by atoms with E-state index in [1.165, 1.54) is 6.92 Å². The van der Waals surface area contributed by atoms with E-state index < -0.39 is 41.6 Å². The molecule has 11 aromatic carbocycles. The van der Waals surface area contributed by atoms with Crippen molar-refractivity contribution in [2.45, 2.75) is 160 Å². The van der Waals surface area contributed by atoms with Crippen LogP contribution in [0.1, 0.15) is 201 Å². The SMILES string of the molecule is Cc1cc(C)cc(NC(=O)C(C)NC(=O)c2cc(Oc3cc(C)cc(C(C)C)c3)c3c4c(Oc5cc(C)cc(C(C)C)c5)cc5c6c(cc(Oc7cc(C)cc(C(C)C)c7)c(c7c(Oc8cc(C)cc(C(C)C)c8)cc(C=O)c2c73)c64)C(=O)N(C(C)C(=O)Nc2cc(C)cc(C)c2)C5=O)c1. The molecular weight excluding hydrogens is 1250 g/mol. The van der Waals surface area contributed by atoms with Gasteiger partial charge in [0.15, 0.2) is 6.29 Å². The molecule has 14 heteroatoms. The highest BCUT2D eigenvalue weighted by Gasteiger charge is 2.43. The van der Waals surface area contributed by atoms with Gasteiger partial charge < -0.3 is 34.9 Å². The summed E-state index contributed by atoms with van der Waals surface area (Å²) in [6, 6.07) is 39.0. The normalized spacial score (nSPS) is 13.0. The van der Waals surface area contributed by atoms with Crippen molar-refractivity contribution in [3.05, 3.63) is 222 Å². The number of amides is 5. The molecule has 0 aromatic heterocycles. The molecule has 1 aliphatic rings. The van der Waals surface area contributed by atoms with Gasteiger partial charge in [0, 0.05) is 60.0 Å². The number of aldehydes is 1. The molecule has 14 nitrogen and oxygen atoms in total. The highest BCUT2D eigenvalue weighted by Crippen LogP contribution is 2.58. The van der Waals surface area contributed by atoms with Crippen molar-refractivity contribution in [3.63, 3.8) is 0 Å². The third-order valence-electron chi connectivity index (χ3n) is 18.8. The van der Waals surface area contributed by atoms with Gasteiger partial charge >= 0.3 is 0 Å². The number of carbonyl (C=O) groups is 6. The molecule has 11 aromatic rings. The Labute approximate surface area is 584 Å². The highest BCUT2D eigenvalue weighted by molar-refractivity contribution is 6.44. The number of nitrogens with zero attached hydrogens (tertiary/aromatic N) is 1. The topological polar surface area (TPSA) is 179 Å². The van der Waals surface area contributed by atoms with Crippen LogP contribution in [0.4, 0.5) is 11.4 Å². The number of nitrogens with one attached hydrogen (secondary N) is 3. The quantitative estimate of drug-likeness (QED) is 0.0288. The second-order valence-electron chi connectivity index (χ2n) is 28.8. The molecule has 510 valence electrons. The summed E-state index contributed by atoms with van der Waals surface area (Å²) in [4.78, 5) is 93.1. The van der Waals surface area contributed by atoms with Crippen molar-refractivity contribution < 1.29 is 47.7 Å². The van der Waals surface area contributed by atoms with E-state index in [-0.39, 0.29) is 79.7 Å². The number of carbonyl (C=O) groups excluding carboxylic acids is 6. The standard InChI is InChI=1S/C86H86N4O10/c1-42(2)56-21-50(13)29-63(33-56)97-70-37-60(41-91)74-67(84(94)87-54(17)82(92)88-61-25-46(9)19-47(10)26-61)38-71(98-64-30-51(14)22-57(34-64)43(3)4)77-79-73(100-66-32-53(16)24-59(36-66)45(7)8)40-69-75-68(85(95)90(86(69)96)55(18)83(93)89-62-27-48(11)20-49(12)28-62)39-72(78(81(75)79)76(70)80(74)77)99-65-31-52(15)23-58(35-65)44(5)6/h19-45,54-55H,1-18H3,(H,87,94)(H,88,92)(H,89,93). The average Bonchev–Trinajstić information content (AvgIpc) is 0.676. The number of hydrogen-bond acceptors (Lipinski definition) is 10. The first kappa shape index (κ1) is 69.1. The number of hydrogen-bond donors (Lipinski definition) is 3. The van der Waals surface area contributed by atoms with Gasteiger partial charge in [-0.2, -0.15) is 0 Å². The van der Waals surface area contributed by atoms with Crippen LogP contribution in [-0.2, 0) is 9.59 Å². The van der Waals surface area contributed by atoms with Crippen LogP contribution in [0.3, 0.4) is 0 Å². The van der Waals surface area contributed by atoms with Crippen molar-refractivity contribution in [3.8, 4) is 46.0 Å². The molecule has 0 saturated heterocycles. The van der Waals surface area contributed by atoms with Crippen LogP contribution in [0.2, 0.25) is 0 Å². The van der Waals surface area contributed by atoms with E-state index >= 15 is 14.4 Å². The molecule has 0 bridgehead atoms. The van der Waals surface area contributed by atoms with Crippen LogP contribution in [0.5, 0.6) is 46.0 Å². The number of ether oxygens (including phenoxy) is 4. The lowest BCUT2D eigenvalue weighted by Crippen LogP contribution is -2.50. The molecule has 1 heterocycles. The third kappa shape index (κ3) is 13.5. The summed E-state index contributed by atoms with van der Waals surface area (Å²) >= 11 is 0. The van der Waals surface area contributed by atoms with Gasteiger partial charge in [0.25, 0.3) is 17.7 Å². The Morgan fingerprint density at radius 1 is 0.360 bits per heavy atom. The van der Waals surface area contributed by atoms with Crippen molar-refractivity contribution in [1.82, 2.24) is 10.2 Å². The second kappa shape index (κ2) is 27.1. The summed E-state index contributed by atoms with van der Waals surface area (Å²) < 4.78 is 29.6. The average molecular weight is 1340 g/mol. The van der Waals surface area contributed by atoms with E-state index in [4.69, 9.17) is 18.9 Å². The van der Waals surface area contributed by atoms with Gasteiger partial charge in [0.1, 0.15) is 58.1 Å². The molecule has 2 atom stereocenters. The molecule has 0 fully saturated rings. The van der Waals surface area contributed by atoms with E-state index in [0.717, 1.165) is 71.7 Å². The lowest BCUT2D eigenvalue weighted by atomic mass is 9.81. The van der Waals surface area contributed by atoms with E-state index in [1.807, 2.05) is 140 Å². The number of anilines is 2. The fourth-order valence-corrected chi connectivity index (χ4v) is 14.1. The lowest BCUT2D eigenvalue weighted by Gasteiger charge is -2.33. The van der Waals surface area contributed by atoms with Crippen LogP contribution in [0.15, 0.2) is 133 Å². The smallest absolute Gasteiger partial charge is 0.262 e. The molecule has 0 radical (unpaired) electrons. The molecule has 2 unspecified atom stereocenters. The minimum absolute atomic E-state index is 0.0299. The Morgan fingerprint density at radius 2 is 0.680 bits per heavy atom. The number of fused-ring (bicyclic) bond motifs is 2. The molecular formula is C86H86N4O10. The van der Waals surface area contributed by atoms with E-state index in [9.17, 15) is 14.4 Å². The molecule has 0 aliphatic carbocycles. The number of benzene rings is 11. The minimum atomic E-state index is -1.36. The van der Waals surface area contributed by atoms with E-state index in [1.54, 1.807) is 31.2 Å². The summed E-state index contributed by atoms with van der Waals surface area (Å²) in [6.07, 6.45) is 0.683. The number of aryl methyl sites for hydroxylation is 8. The monoisotopic (exact) mass is 1330 g/mol. The Kier molecular flexibility index (Phi) is 18.7. The predicted molar refractivity (Wildman–Crippen MR) is 400 cm³/mol. The van der Waals surface area contributed by atoms with Crippen molar-refractivity contribution in [1.29, 1.82) is 0 Å². The summed E-state index contributed by atoms with van der Waals surface area (Å²) in [5.41, 5.74) is 12.3. The molecule has 100 heavy (non-hydrogen) atoms. The largest absolute Gasteiger partial charge is 0.457 e. The van der Waals surface area contributed by atoms with Crippen LogP contribution >= 0.6 is 0 Å². The van der Waals surface area contributed by atoms with E-state index in [0.29, 0.717) is 73.0 Å². The Hall–Kier alpha value is -10.9. The van der Waals surface area contributed by atoms with Gasteiger partial charge in [0.2, 0.25) is 11.8 Å². The van der Waals surface area contributed by atoms with Gasteiger partial charge in [-0.25, -0.2) is 0 Å². The summed E-state index contributed by atoms with van der Waals surface area (Å²) in [5.74, 6) is -0.925. The minimum Gasteiger partial charge on any atom is -0.457 e. The number of imide groups is 1. The molecule has 12 rings (SSSR count). The Morgan fingerprint density at radius 3 is 1.03 bits per heavy atom. The third-order valence-corrected chi connectivity index (χ3v) is 18.8. The zero-order valence-corrected chi connectivity index (χ0v) is 60.3. The zero-order chi connectivity index (χ0) is 71.8. The van der Waals surface area contributed by atoms with E-state index in [2.05, 4.69) is 95.6 Å². The lowest BCUT2D eigenvalue weighted by molar-refractivity contribution is -0.119. The van der Waals surface area contributed by atoms with Crippen molar-refractivity contribution in [2.24, 2.45) is 0 Å². The summed E-state index contributed by atoms with van der Waals surface area (Å²) in [7, 11) is 0. The van der Waals surface area contributed by atoms with Gasteiger partial charge in [-0.3, -0.25) is 33.7 Å². The zero-order valence-electron chi connectivity index (χ0n) is 60.3.